The van der Waals surface area contributed by atoms with E-state index in [-0.39, 0.29) is 24.0 Å². The van der Waals surface area contributed by atoms with Gasteiger partial charge < -0.3 is 19.7 Å². The number of anilines is 1. The molecule has 0 radical (unpaired) electrons. The number of carbonyl (C=O) groups excluding carboxylic acids is 2. The molecule has 0 unspecified atom stereocenters. The number of benzene rings is 1. The molecule has 29 heavy (non-hydrogen) atoms. The number of nitrogens with zero attached hydrogens (tertiary/aromatic N) is 2. The van der Waals surface area contributed by atoms with Crippen molar-refractivity contribution < 1.29 is 19.1 Å². The number of hydrogen-bond acceptors (Lipinski definition) is 5. The molecular weight excluding hydrogens is 372 g/mol. The number of hydrogen-bond donors (Lipinski definition) is 2. The Balaban J connectivity index is 1.44. The number of aromatic nitrogens is 2. The lowest BCUT2D eigenvalue weighted by Crippen LogP contribution is -2.43. The highest BCUT2D eigenvalue weighted by atomic mass is 16.7. The molecule has 1 aromatic carbocycles. The second-order valence-electron chi connectivity index (χ2n) is 8.73. The molecule has 1 aromatic heterocycles. The fourth-order valence-electron chi connectivity index (χ4n) is 3.77. The fourth-order valence-corrected chi connectivity index (χ4v) is 3.77. The topological polar surface area (TPSA) is 96.6 Å². The maximum absolute atomic E-state index is 13.0. The Kier molecular flexibility index (Phi) is 4.94. The second kappa shape index (κ2) is 7.42. The molecule has 0 bridgehead atoms. The van der Waals surface area contributed by atoms with Crippen LogP contribution in [0.5, 0.6) is 11.5 Å². The first-order valence-corrected chi connectivity index (χ1v) is 9.86. The molecule has 4 rings (SSSR count). The summed E-state index contributed by atoms with van der Waals surface area (Å²) in [4.78, 5) is 27.5. The van der Waals surface area contributed by atoms with E-state index in [1.807, 2.05) is 6.07 Å². The van der Waals surface area contributed by atoms with E-state index in [0.717, 1.165) is 18.5 Å². The number of fused-ring (bicyclic) bond motifs is 1. The van der Waals surface area contributed by atoms with Crippen LogP contribution >= 0.6 is 0 Å². The van der Waals surface area contributed by atoms with Crippen molar-refractivity contribution >= 4 is 17.6 Å². The summed E-state index contributed by atoms with van der Waals surface area (Å²) in [5.74, 6) is 1.26. The van der Waals surface area contributed by atoms with Crippen LogP contribution < -0.4 is 14.8 Å². The van der Waals surface area contributed by atoms with Gasteiger partial charge in [0.1, 0.15) is 6.04 Å². The standard InChI is InChI=1S/C21H26N4O4/c1-21(2,3)11-14-10-18(24-23-14)22-19(26)15-5-4-8-25(15)20(27)13-6-7-16-17(9-13)29-12-28-16/h6-7,9-10,15H,4-5,8,11-12H2,1-3H3,(H2,22,23,24,26)/t15-/m0/s1. The van der Waals surface area contributed by atoms with E-state index in [1.165, 1.54) is 0 Å². The molecule has 8 nitrogen and oxygen atoms in total. The molecule has 1 fully saturated rings. The molecule has 2 amide bonds. The quantitative estimate of drug-likeness (QED) is 0.825. The van der Waals surface area contributed by atoms with Gasteiger partial charge >= 0.3 is 0 Å². The van der Waals surface area contributed by atoms with Crippen LogP contribution in [0.25, 0.3) is 0 Å². The highest BCUT2D eigenvalue weighted by molar-refractivity contribution is 6.01. The third-order valence-corrected chi connectivity index (χ3v) is 5.04. The van der Waals surface area contributed by atoms with Crippen LogP contribution in [0.2, 0.25) is 0 Å². The lowest BCUT2D eigenvalue weighted by Gasteiger charge is -2.23. The Bertz CT molecular complexity index is 931. The average Bonchev–Trinajstić information content (AvgIpc) is 3.39. The summed E-state index contributed by atoms with van der Waals surface area (Å²) in [6.45, 7) is 7.13. The molecule has 2 N–H and O–H groups in total. The molecule has 2 aliphatic heterocycles. The van der Waals surface area contributed by atoms with E-state index in [4.69, 9.17) is 9.47 Å². The lowest BCUT2D eigenvalue weighted by atomic mass is 9.91. The molecule has 0 saturated carbocycles. The monoisotopic (exact) mass is 398 g/mol. The number of likely N-dealkylation sites (tertiary alicyclic amines) is 1. The Morgan fingerprint density at radius 3 is 2.83 bits per heavy atom. The van der Waals surface area contributed by atoms with Crippen LogP contribution in [-0.4, -0.2) is 46.3 Å². The minimum absolute atomic E-state index is 0.118. The maximum atomic E-state index is 13.0. The van der Waals surface area contributed by atoms with E-state index in [1.54, 1.807) is 23.1 Å². The number of rotatable bonds is 4. The summed E-state index contributed by atoms with van der Waals surface area (Å²) < 4.78 is 10.7. The van der Waals surface area contributed by atoms with E-state index < -0.39 is 6.04 Å². The van der Waals surface area contributed by atoms with Crippen molar-refractivity contribution in [3.63, 3.8) is 0 Å². The van der Waals surface area contributed by atoms with Crippen molar-refractivity contribution in [2.24, 2.45) is 5.41 Å². The van der Waals surface area contributed by atoms with Crippen LogP contribution in [0.4, 0.5) is 5.82 Å². The summed E-state index contributed by atoms with van der Waals surface area (Å²) in [6, 6.07) is 6.43. The molecule has 0 spiro atoms. The van der Waals surface area contributed by atoms with Crippen molar-refractivity contribution in [3.05, 3.63) is 35.5 Å². The van der Waals surface area contributed by atoms with E-state index in [2.05, 4.69) is 36.3 Å². The van der Waals surface area contributed by atoms with Gasteiger partial charge in [-0.1, -0.05) is 20.8 Å². The second-order valence-corrected chi connectivity index (χ2v) is 8.73. The van der Waals surface area contributed by atoms with Crippen molar-refractivity contribution in [2.75, 3.05) is 18.7 Å². The van der Waals surface area contributed by atoms with Gasteiger partial charge in [0.2, 0.25) is 12.7 Å². The van der Waals surface area contributed by atoms with E-state index in [9.17, 15) is 9.59 Å². The minimum atomic E-state index is -0.518. The number of H-pyrrole nitrogens is 1. The summed E-state index contributed by atoms with van der Waals surface area (Å²) in [5.41, 5.74) is 1.57. The van der Waals surface area contributed by atoms with Crippen LogP contribution in [0.1, 0.15) is 49.7 Å². The number of nitrogens with one attached hydrogen (secondary N) is 2. The smallest absolute Gasteiger partial charge is 0.254 e. The molecule has 1 saturated heterocycles. The van der Waals surface area contributed by atoms with Gasteiger partial charge in [0.25, 0.3) is 5.91 Å². The Morgan fingerprint density at radius 2 is 2.03 bits per heavy atom. The Labute approximate surface area is 169 Å². The summed E-state index contributed by atoms with van der Waals surface area (Å²) in [7, 11) is 0. The van der Waals surface area contributed by atoms with Gasteiger partial charge in [0, 0.05) is 23.9 Å². The van der Waals surface area contributed by atoms with Crippen LogP contribution in [-0.2, 0) is 11.2 Å². The zero-order chi connectivity index (χ0) is 20.6. The molecule has 2 aliphatic rings. The van der Waals surface area contributed by atoms with Gasteiger partial charge in [-0.2, -0.15) is 5.10 Å². The molecule has 1 atom stereocenters. The first-order valence-electron chi connectivity index (χ1n) is 9.86. The minimum Gasteiger partial charge on any atom is -0.454 e. The van der Waals surface area contributed by atoms with Crippen molar-refractivity contribution in [1.82, 2.24) is 15.1 Å². The first kappa shape index (κ1) is 19.3. The predicted molar refractivity (Wildman–Crippen MR) is 107 cm³/mol. The van der Waals surface area contributed by atoms with Crippen LogP contribution in [0.15, 0.2) is 24.3 Å². The molecule has 2 aromatic rings. The average molecular weight is 398 g/mol. The SMILES string of the molecule is CC(C)(C)Cc1cc(NC(=O)[C@@H]2CCCN2C(=O)c2ccc3c(c2)OCO3)n[nH]1. The van der Waals surface area contributed by atoms with Gasteiger partial charge in [0.15, 0.2) is 17.3 Å². The van der Waals surface area contributed by atoms with Crippen LogP contribution in [0, 0.1) is 5.41 Å². The highest BCUT2D eigenvalue weighted by Gasteiger charge is 2.35. The van der Waals surface area contributed by atoms with E-state index >= 15 is 0 Å². The Morgan fingerprint density at radius 1 is 1.24 bits per heavy atom. The molecule has 8 heteroatoms. The number of amides is 2. The van der Waals surface area contributed by atoms with Crippen molar-refractivity contribution in [3.8, 4) is 11.5 Å². The fraction of sp³-hybridized carbons (Fsp3) is 0.476. The van der Waals surface area contributed by atoms with Crippen molar-refractivity contribution in [2.45, 2.75) is 46.1 Å². The van der Waals surface area contributed by atoms with Gasteiger partial charge in [0.05, 0.1) is 0 Å². The normalized spacial score (nSPS) is 18.2. The molecule has 154 valence electrons. The van der Waals surface area contributed by atoms with Crippen molar-refractivity contribution in [1.29, 1.82) is 0 Å². The molecular formula is C21H26N4O4. The first-order chi connectivity index (χ1) is 13.8. The number of carbonyl (C=O) groups is 2. The third kappa shape index (κ3) is 4.21. The van der Waals surface area contributed by atoms with Gasteiger partial charge in [-0.25, -0.2) is 0 Å². The summed E-state index contributed by atoms with van der Waals surface area (Å²) in [5, 5.41) is 10.0. The number of aromatic amines is 1. The van der Waals surface area contributed by atoms with Crippen LogP contribution in [0.3, 0.4) is 0 Å². The van der Waals surface area contributed by atoms with Gasteiger partial charge in [-0.15, -0.1) is 0 Å². The largest absolute Gasteiger partial charge is 0.454 e. The van der Waals surface area contributed by atoms with E-state index in [0.29, 0.717) is 35.8 Å². The predicted octanol–water partition coefficient (Wildman–Crippen LogP) is 2.97. The zero-order valence-electron chi connectivity index (χ0n) is 16.9. The lowest BCUT2D eigenvalue weighted by molar-refractivity contribution is -0.119. The van der Waals surface area contributed by atoms with Gasteiger partial charge in [-0.05, 0) is 42.9 Å². The third-order valence-electron chi connectivity index (χ3n) is 5.04. The number of ether oxygens (including phenoxy) is 2. The highest BCUT2D eigenvalue weighted by Crippen LogP contribution is 2.33. The summed E-state index contributed by atoms with van der Waals surface area (Å²) >= 11 is 0. The van der Waals surface area contributed by atoms with Gasteiger partial charge in [-0.3, -0.25) is 14.7 Å². The zero-order valence-corrected chi connectivity index (χ0v) is 16.9. The molecule has 3 heterocycles. The summed E-state index contributed by atoms with van der Waals surface area (Å²) in [6.07, 6.45) is 2.24. The maximum Gasteiger partial charge on any atom is 0.254 e. The Hall–Kier alpha value is -3.03. The molecule has 0 aliphatic carbocycles.